The normalized spacial score (nSPS) is 10.8. The monoisotopic (exact) mass is 459 g/mol. The van der Waals surface area contributed by atoms with Crippen LogP contribution in [0.5, 0.6) is 5.75 Å². The molecule has 2 heterocycles. The van der Waals surface area contributed by atoms with Crippen LogP contribution in [-0.2, 0) is 0 Å². The number of aromatic nitrogens is 3. The van der Waals surface area contributed by atoms with E-state index in [1.54, 1.807) is 42.6 Å². The number of pyridine rings is 1. The van der Waals surface area contributed by atoms with Crippen LogP contribution in [0.15, 0.2) is 84.4 Å². The molecule has 0 saturated carbocycles. The van der Waals surface area contributed by atoms with Gasteiger partial charge in [0.15, 0.2) is 0 Å². The fraction of sp³-hybridized carbons (Fsp3) is 0.0417. The van der Waals surface area contributed by atoms with Gasteiger partial charge in [-0.2, -0.15) is 15.2 Å². The second-order valence-electron chi connectivity index (χ2n) is 6.84. The zero-order valence-corrected chi connectivity index (χ0v) is 18.2. The van der Waals surface area contributed by atoms with Crippen LogP contribution < -0.4 is 4.74 Å². The molecule has 0 aliphatic rings. The Morgan fingerprint density at radius 2 is 1.73 bits per heavy atom. The Bertz CT molecular complexity index is 1300. The lowest BCUT2D eigenvalue weighted by molar-refractivity contribution is 0.0621. The zero-order valence-electron chi connectivity index (χ0n) is 17.5. The minimum atomic E-state index is -0.595. The van der Waals surface area contributed by atoms with Crippen molar-refractivity contribution in [1.29, 1.82) is 0 Å². The van der Waals surface area contributed by atoms with E-state index in [1.165, 1.54) is 37.9 Å². The molecule has 2 amide bonds. The number of carbonyl (C=O) groups excluding carboxylic acids is 2. The summed E-state index contributed by atoms with van der Waals surface area (Å²) in [5, 5.41) is 12.6. The van der Waals surface area contributed by atoms with Gasteiger partial charge < -0.3 is 4.74 Å². The minimum absolute atomic E-state index is 0.270. The lowest BCUT2D eigenvalue weighted by atomic mass is 10.1. The second-order valence-corrected chi connectivity index (χ2v) is 7.28. The summed E-state index contributed by atoms with van der Waals surface area (Å²) in [5.74, 6) is -0.600. The number of nitrogens with zero attached hydrogens (tertiary/aromatic N) is 4. The molecule has 4 rings (SSSR count). The molecule has 2 aromatic carbocycles. The Labute approximate surface area is 194 Å². The van der Waals surface area contributed by atoms with Gasteiger partial charge in [-0.05, 0) is 48.5 Å². The van der Waals surface area contributed by atoms with Crippen LogP contribution >= 0.6 is 11.6 Å². The largest absolute Gasteiger partial charge is 0.497 e. The fourth-order valence-corrected chi connectivity index (χ4v) is 3.25. The van der Waals surface area contributed by atoms with Gasteiger partial charge in [-0.3, -0.25) is 19.7 Å². The van der Waals surface area contributed by atoms with Gasteiger partial charge in [0, 0.05) is 39.7 Å². The molecule has 0 aliphatic heterocycles. The third-order valence-electron chi connectivity index (χ3n) is 4.74. The summed E-state index contributed by atoms with van der Waals surface area (Å²) in [6.07, 6.45) is 5.90. The number of rotatable bonds is 6. The number of hydrogen-bond acceptors (Lipinski definition) is 6. The Morgan fingerprint density at radius 1 is 1.03 bits per heavy atom. The van der Waals surface area contributed by atoms with E-state index in [-0.39, 0.29) is 11.1 Å². The summed E-state index contributed by atoms with van der Waals surface area (Å²) < 4.78 is 5.14. The molecule has 0 atom stereocenters. The molecule has 164 valence electrons. The second kappa shape index (κ2) is 9.88. The first-order chi connectivity index (χ1) is 16.1. The van der Waals surface area contributed by atoms with Gasteiger partial charge in [0.05, 0.1) is 25.2 Å². The predicted octanol–water partition coefficient (Wildman–Crippen LogP) is 4.45. The van der Waals surface area contributed by atoms with Crippen molar-refractivity contribution >= 4 is 29.6 Å². The first-order valence-electron chi connectivity index (χ1n) is 9.83. The van der Waals surface area contributed by atoms with Crippen LogP contribution in [0.2, 0.25) is 5.02 Å². The maximum Gasteiger partial charge on any atom is 0.281 e. The molecule has 1 N–H and O–H groups in total. The number of hydrazone groups is 1. The summed E-state index contributed by atoms with van der Waals surface area (Å²) in [6, 6.07) is 16.6. The van der Waals surface area contributed by atoms with Crippen LogP contribution in [-0.4, -0.2) is 45.3 Å². The van der Waals surface area contributed by atoms with E-state index in [1.807, 2.05) is 12.1 Å². The van der Waals surface area contributed by atoms with Crippen LogP contribution in [0.4, 0.5) is 0 Å². The third kappa shape index (κ3) is 4.97. The number of hydrogen-bond donors (Lipinski definition) is 1. The molecule has 9 heteroatoms. The van der Waals surface area contributed by atoms with E-state index in [2.05, 4.69) is 20.3 Å². The maximum absolute atomic E-state index is 13.2. The van der Waals surface area contributed by atoms with Crippen LogP contribution in [0.25, 0.3) is 11.3 Å². The lowest BCUT2D eigenvalue weighted by Crippen LogP contribution is -2.32. The van der Waals surface area contributed by atoms with Gasteiger partial charge in [-0.1, -0.05) is 23.7 Å². The predicted molar refractivity (Wildman–Crippen MR) is 124 cm³/mol. The minimum Gasteiger partial charge on any atom is -0.497 e. The average Bonchev–Trinajstić information content (AvgIpc) is 3.33. The summed E-state index contributed by atoms with van der Waals surface area (Å²) in [5.41, 5.74) is 2.56. The van der Waals surface area contributed by atoms with Gasteiger partial charge in [-0.15, -0.1) is 0 Å². The molecule has 4 aromatic rings. The Morgan fingerprint density at radius 3 is 2.39 bits per heavy atom. The van der Waals surface area contributed by atoms with Crippen LogP contribution in [0, 0.1) is 0 Å². The third-order valence-corrected chi connectivity index (χ3v) is 4.98. The van der Waals surface area contributed by atoms with Crippen molar-refractivity contribution in [3.05, 3.63) is 101 Å². The number of ether oxygens (including phenoxy) is 1. The molecule has 2 aromatic heterocycles. The summed E-state index contributed by atoms with van der Waals surface area (Å²) >= 11 is 6.10. The summed E-state index contributed by atoms with van der Waals surface area (Å²) in [7, 11) is 1.53. The Hall–Kier alpha value is -4.30. The summed E-state index contributed by atoms with van der Waals surface area (Å²) in [6.45, 7) is 0. The van der Waals surface area contributed by atoms with E-state index in [9.17, 15) is 9.59 Å². The van der Waals surface area contributed by atoms with Crippen molar-refractivity contribution < 1.29 is 14.3 Å². The number of aromatic amines is 1. The first kappa shape index (κ1) is 21.9. The highest BCUT2D eigenvalue weighted by Gasteiger charge is 2.24. The number of H-pyrrole nitrogens is 1. The van der Waals surface area contributed by atoms with Crippen molar-refractivity contribution in [3.8, 4) is 17.0 Å². The molecule has 8 nitrogen and oxygen atoms in total. The molecule has 0 fully saturated rings. The number of methoxy groups -OCH3 is 1. The van der Waals surface area contributed by atoms with Crippen molar-refractivity contribution in [1.82, 2.24) is 20.2 Å². The molecule has 0 unspecified atom stereocenters. The highest BCUT2D eigenvalue weighted by atomic mass is 35.5. The Kier molecular flexibility index (Phi) is 6.56. The fourth-order valence-electron chi connectivity index (χ4n) is 3.06. The van der Waals surface area contributed by atoms with Crippen molar-refractivity contribution in [2.24, 2.45) is 5.10 Å². The molecule has 0 saturated heterocycles. The first-order valence-corrected chi connectivity index (χ1v) is 10.2. The molecule has 0 radical (unpaired) electrons. The standard InChI is InChI=1S/C24H18ClN5O3/c1-33-21-7-5-16(6-8-21)23(31)30(24(32)17-9-11-26-12-10-17)28-15-19-14-27-29-22(19)18-3-2-4-20(25)13-18/h2-15H,1H3,(H,27,29)/b28-15+. The van der Waals surface area contributed by atoms with Gasteiger partial charge in [0.25, 0.3) is 11.8 Å². The highest BCUT2D eigenvalue weighted by molar-refractivity contribution is 6.30. The smallest absolute Gasteiger partial charge is 0.281 e. The van der Waals surface area contributed by atoms with Gasteiger partial charge >= 0.3 is 0 Å². The molecule has 33 heavy (non-hydrogen) atoms. The van der Waals surface area contributed by atoms with Crippen molar-refractivity contribution in [2.75, 3.05) is 7.11 Å². The molecular formula is C24H18ClN5O3. The average molecular weight is 460 g/mol. The van der Waals surface area contributed by atoms with Crippen LogP contribution in [0.1, 0.15) is 26.3 Å². The molecule has 0 aliphatic carbocycles. The maximum atomic E-state index is 13.2. The molecule has 0 bridgehead atoms. The number of carbonyl (C=O) groups is 2. The van der Waals surface area contributed by atoms with Crippen LogP contribution in [0.3, 0.4) is 0 Å². The van der Waals surface area contributed by atoms with Gasteiger partial charge in [-0.25, -0.2) is 0 Å². The van der Waals surface area contributed by atoms with E-state index in [0.717, 1.165) is 10.6 Å². The van der Waals surface area contributed by atoms with Crippen molar-refractivity contribution in [3.63, 3.8) is 0 Å². The number of benzene rings is 2. The number of halogens is 1. The number of amides is 2. The van der Waals surface area contributed by atoms with E-state index >= 15 is 0 Å². The SMILES string of the molecule is COc1ccc(C(=O)N(/N=C/c2cn[nH]c2-c2cccc(Cl)c2)C(=O)c2ccncc2)cc1. The topological polar surface area (TPSA) is 101 Å². The lowest BCUT2D eigenvalue weighted by Gasteiger charge is -2.15. The highest BCUT2D eigenvalue weighted by Crippen LogP contribution is 2.23. The Balaban J connectivity index is 1.70. The zero-order chi connectivity index (χ0) is 23.2. The van der Waals surface area contributed by atoms with Gasteiger partial charge in [0.2, 0.25) is 0 Å². The van der Waals surface area contributed by atoms with E-state index in [4.69, 9.17) is 16.3 Å². The summed E-state index contributed by atoms with van der Waals surface area (Å²) in [4.78, 5) is 30.3. The van der Waals surface area contributed by atoms with Gasteiger partial charge in [0.1, 0.15) is 5.75 Å². The van der Waals surface area contributed by atoms with Crippen molar-refractivity contribution in [2.45, 2.75) is 0 Å². The van der Waals surface area contributed by atoms with E-state index < -0.39 is 11.8 Å². The quantitative estimate of drug-likeness (QED) is 0.261. The number of imide groups is 1. The van der Waals surface area contributed by atoms with E-state index in [0.29, 0.717) is 22.0 Å². The molecule has 0 spiro atoms. The number of nitrogens with one attached hydrogen (secondary N) is 1. The molecular weight excluding hydrogens is 442 g/mol.